The van der Waals surface area contributed by atoms with Gasteiger partial charge in [-0.1, -0.05) is 23.6 Å². The molecule has 0 aromatic rings. The molecule has 0 saturated heterocycles. The summed E-state index contributed by atoms with van der Waals surface area (Å²) >= 11 is 0. The molecule has 0 heterocycles. The van der Waals surface area contributed by atoms with Gasteiger partial charge in [-0.25, -0.2) is 0 Å². The second kappa shape index (κ2) is 4.32. The smallest absolute Gasteiger partial charge is 0.155 e. The second-order valence-electron chi connectivity index (χ2n) is 7.85. The van der Waals surface area contributed by atoms with E-state index in [4.69, 9.17) is 0 Å². The molecule has 0 aromatic carbocycles. The maximum Gasteiger partial charge on any atom is 0.155 e. The molecule has 0 radical (unpaired) electrons. The zero-order chi connectivity index (χ0) is 13.9. The van der Waals surface area contributed by atoms with E-state index in [1.807, 2.05) is 11.6 Å². The van der Waals surface area contributed by atoms with Crippen molar-refractivity contribution in [2.24, 2.45) is 23.2 Å². The molecule has 0 spiro atoms. The summed E-state index contributed by atoms with van der Waals surface area (Å²) in [6.45, 7) is 4.84. The van der Waals surface area contributed by atoms with Gasteiger partial charge in [0.1, 0.15) is 0 Å². The Hall–Kier alpha value is -0.850. The fraction of sp³-hybridized carbons (Fsp3) is 0.737. The molecule has 2 fully saturated rings. The lowest BCUT2D eigenvalue weighted by atomic mass is 9.50. The molecule has 4 atom stereocenters. The normalized spacial score (nSPS) is 43.8. The number of hydrogen-bond acceptors (Lipinski definition) is 1. The number of allylic oxidation sites excluding steroid dienone is 4. The molecule has 0 N–H and O–H groups in total. The Kier molecular flexibility index (Phi) is 2.78. The highest BCUT2D eigenvalue weighted by atomic mass is 16.1. The molecule has 4 rings (SSSR count). The summed E-state index contributed by atoms with van der Waals surface area (Å²) in [5, 5.41) is 0. The summed E-state index contributed by atoms with van der Waals surface area (Å²) in [5.74, 6) is 3.02. The molecule has 4 unspecified atom stereocenters. The van der Waals surface area contributed by atoms with Crippen LogP contribution < -0.4 is 0 Å². The van der Waals surface area contributed by atoms with Crippen LogP contribution in [0.1, 0.15) is 65.2 Å². The minimum absolute atomic E-state index is 0.346. The predicted molar refractivity (Wildman–Crippen MR) is 81.3 cm³/mol. The number of carbonyl (C=O) groups is 1. The maximum atomic E-state index is 11.8. The molecule has 4 aliphatic rings. The van der Waals surface area contributed by atoms with Crippen molar-refractivity contribution in [3.8, 4) is 0 Å². The quantitative estimate of drug-likeness (QED) is 0.576. The van der Waals surface area contributed by atoms with Crippen molar-refractivity contribution in [1.82, 2.24) is 0 Å². The number of carbonyl (C=O) groups excluding carboxylic acids is 1. The molecular formula is C19H26O. The summed E-state index contributed by atoms with van der Waals surface area (Å²) in [5.41, 5.74) is 5.38. The first-order valence-electron chi connectivity index (χ1n) is 8.52. The Balaban J connectivity index is 1.70. The molecule has 0 amide bonds. The van der Waals surface area contributed by atoms with Gasteiger partial charge in [-0.05, 0) is 81.1 Å². The first-order chi connectivity index (χ1) is 9.59. The van der Waals surface area contributed by atoms with Crippen LogP contribution in [0.15, 0.2) is 22.8 Å². The van der Waals surface area contributed by atoms with Crippen molar-refractivity contribution < 1.29 is 4.79 Å². The number of ketones is 1. The van der Waals surface area contributed by atoms with Crippen LogP contribution in [0.3, 0.4) is 0 Å². The highest BCUT2D eigenvalue weighted by molar-refractivity contribution is 5.91. The first kappa shape index (κ1) is 12.9. The second-order valence-corrected chi connectivity index (χ2v) is 7.85. The van der Waals surface area contributed by atoms with E-state index in [0.717, 1.165) is 30.6 Å². The number of fused-ring (bicyclic) bond motifs is 5. The minimum Gasteiger partial charge on any atom is -0.295 e. The number of hydrogen-bond donors (Lipinski definition) is 0. The highest BCUT2D eigenvalue weighted by Crippen LogP contribution is 2.61. The van der Waals surface area contributed by atoms with Crippen LogP contribution in [0.5, 0.6) is 0 Å². The molecule has 108 valence electrons. The van der Waals surface area contributed by atoms with Crippen molar-refractivity contribution >= 4 is 5.78 Å². The molecule has 1 nitrogen and oxygen atoms in total. The van der Waals surface area contributed by atoms with Gasteiger partial charge in [0.25, 0.3) is 0 Å². The van der Waals surface area contributed by atoms with E-state index < -0.39 is 0 Å². The monoisotopic (exact) mass is 270 g/mol. The Morgan fingerprint density at radius 2 is 1.95 bits per heavy atom. The summed E-state index contributed by atoms with van der Waals surface area (Å²) in [6, 6.07) is 0. The van der Waals surface area contributed by atoms with Crippen LogP contribution in [0.4, 0.5) is 0 Å². The summed E-state index contributed by atoms with van der Waals surface area (Å²) in [7, 11) is 0. The molecule has 0 aliphatic heterocycles. The van der Waals surface area contributed by atoms with Gasteiger partial charge < -0.3 is 0 Å². The SMILES string of the molecule is CC1=C2CCC3C(CCC4=CC(=O)CCC43C)C2CC1. The van der Waals surface area contributed by atoms with E-state index in [0.29, 0.717) is 11.2 Å². The first-order valence-corrected chi connectivity index (χ1v) is 8.52. The lowest BCUT2D eigenvalue weighted by Crippen LogP contribution is -2.45. The fourth-order valence-corrected chi connectivity index (χ4v) is 5.97. The van der Waals surface area contributed by atoms with Crippen molar-refractivity contribution in [3.05, 3.63) is 22.8 Å². The third-order valence-electron chi connectivity index (χ3n) is 7.11. The third kappa shape index (κ3) is 1.64. The van der Waals surface area contributed by atoms with Crippen molar-refractivity contribution in [2.45, 2.75) is 65.2 Å². The van der Waals surface area contributed by atoms with Gasteiger partial charge in [0.2, 0.25) is 0 Å². The Bertz CT molecular complexity index is 524. The summed E-state index contributed by atoms with van der Waals surface area (Å²) < 4.78 is 0. The van der Waals surface area contributed by atoms with E-state index in [9.17, 15) is 4.79 Å². The van der Waals surface area contributed by atoms with Gasteiger partial charge in [0, 0.05) is 6.42 Å². The molecular weight excluding hydrogens is 244 g/mol. The van der Waals surface area contributed by atoms with Crippen LogP contribution in [0.2, 0.25) is 0 Å². The lowest BCUT2D eigenvalue weighted by Gasteiger charge is -2.54. The minimum atomic E-state index is 0.346. The van der Waals surface area contributed by atoms with Crippen LogP contribution in [-0.2, 0) is 4.79 Å². The molecule has 2 saturated carbocycles. The highest BCUT2D eigenvalue weighted by Gasteiger charge is 2.51. The van der Waals surface area contributed by atoms with Gasteiger partial charge in [-0.3, -0.25) is 4.79 Å². The molecule has 20 heavy (non-hydrogen) atoms. The van der Waals surface area contributed by atoms with Crippen LogP contribution in [-0.4, -0.2) is 5.78 Å². The van der Waals surface area contributed by atoms with E-state index in [1.54, 1.807) is 5.57 Å². The van der Waals surface area contributed by atoms with Crippen LogP contribution >= 0.6 is 0 Å². The van der Waals surface area contributed by atoms with Gasteiger partial charge in [0.15, 0.2) is 5.78 Å². The zero-order valence-corrected chi connectivity index (χ0v) is 12.9. The molecule has 0 aromatic heterocycles. The van der Waals surface area contributed by atoms with Gasteiger partial charge in [-0.15, -0.1) is 0 Å². The van der Waals surface area contributed by atoms with Gasteiger partial charge >= 0.3 is 0 Å². The third-order valence-corrected chi connectivity index (χ3v) is 7.11. The standard InChI is InChI=1S/C19H26O/c1-12-3-5-16-15(12)7-8-18-17(16)6-4-13-11-14(20)9-10-19(13,18)2/h11,16-18H,3-10H2,1-2H3. The molecule has 1 heteroatoms. The Morgan fingerprint density at radius 1 is 1.10 bits per heavy atom. The van der Waals surface area contributed by atoms with Crippen LogP contribution in [0.25, 0.3) is 0 Å². The summed E-state index contributed by atoms with van der Waals surface area (Å²) in [6.07, 6.45) is 11.9. The largest absolute Gasteiger partial charge is 0.295 e. The van der Waals surface area contributed by atoms with Crippen molar-refractivity contribution in [1.29, 1.82) is 0 Å². The lowest BCUT2D eigenvalue weighted by molar-refractivity contribution is -0.116. The Morgan fingerprint density at radius 3 is 2.80 bits per heavy atom. The topological polar surface area (TPSA) is 17.1 Å². The molecule has 4 aliphatic carbocycles. The fourth-order valence-electron chi connectivity index (χ4n) is 5.97. The average molecular weight is 270 g/mol. The predicted octanol–water partition coefficient (Wildman–Crippen LogP) is 4.83. The van der Waals surface area contributed by atoms with Crippen LogP contribution in [0, 0.1) is 23.2 Å². The van der Waals surface area contributed by atoms with Crippen molar-refractivity contribution in [3.63, 3.8) is 0 Å². The molecule has 0 bridgehead atoms. The Labute approximate surface area is 122 Å². The number of rotatable bonds is 0. The van der Waals surface area contributed by atoms with Gasteiger partial charge in [-0.2, -0.15) is 0 Å². The van der Waals surface area contributed by atoms with E-state index in [-0.39, 0.29) is 0 Å². The van der Waals surface area contributed by atoms with E-state index in [1.165, 1.54) is 44.1 Å². The van der Waals surface area contributed by atoms with Crippen molar-refractivity contribution in [2.75, 3.05) is 0 Å². The van der Waals surface area contributed by atoms with E-state index in [2.05, 4.69) is 13.8 Å². The maximum absolute atomic E-state index is 11.8. The summed E-state index contributed by atoms with van der Waals surface area (Å²) in [4.78, 5) is 11.8. The van der Waals surface area contributed by atoms with Gasteiger partial charge in [0.05, 0.1) is 0 Å². The van der Waals surface area contributed by atoms with E-state index >= 15 is 0 Å². The average Bonchev–Trinajstić information content (AvgIpc) is 2.82. The zero-order valence-electron chi connectivity index (χ0n) is 12.9.